The Labute approximate surface area is 264 Å². The standard InChI is InChI=1S/C40H28N2S2/c1-40(2)33-14-8-6-12-29(33)30-19-16-26(22-34(30)40)42(27-17-20-32-31-13-7-9-15-36(31)43-37(32)23-27)28-18-21-35-38(24-28)44-39(41-35)25-10-4-3-5-11-25/h3-24H,1-2H3. The summed E-state index contributed by atoms with van der Waals surface area (Å²) in [6.45, 7) is 4.70. The van der Waals surface area contributed by atoms with Crippen LogP contribution < -0.4 is 4.90 Å². The fourth-order valence-electron chi connectivity index (χ4n) is 6.89. The Hall–Kier alpha value is -4.77. The zero-order valence-electron chi connectivity index (χ0n) is 24.4. The molecule has 8 aromatic rings. The molecule has 4 heteroatoms. The monoisotopic (exact) mass is 600 g/mol. The third-order valence-corrected chi connectivity index (χ3v) is 11.3. The van der Waals surface area contributed by atoms with Crippen molar-refractivity contribution < 1.29 is 0 Å². The van der Waals surface area contributed by atoms with Gasteiger partial charge < -0.3 is 4.90 Å². The van der Waals surface area contributed by atoms with Crippen molar-refractivity contribution in [2.75, 3.05) is 4.90 Å². The van der Waals surface area contributed by atoms with Crippen LogP contribution in [0.5, 0.6) is 0 Å². The van der Waals surface area contributed by atoms with Crippen molar-refractivity contribution in [3.8, 4) is 21.7 Å². The third-order valence-electron chi connectivity index (χ3n) is 9.10. The summed E-state index contributed by atoms with van der Waals surface area (Å²) < 4.78 is 3.80. The van der Waals surface area contributed by atoms with Crippen LogP contribution in [-0.2, 0) is 5.41 Å². The molecule has 0 saturated carbocycles. The average Bonchev–Trinajstić information content (AvgIpc) is 3.72. The molecule has 0 radical (unpaired) electrons. The SMILES string of the molecule is CC1(C)c2ccccc2-c2ccc(N(c3ccc4nc(-c5ccccc5)sc4c3)c3ccc4c(c3)sc3ccccc34)cc21. The second-order valence-electron chi connectivity index (χ2n) is 12.1. The van der Waals surface area contributed by atoms with Gasteiger partial charge >= 0.3 is 0 Å². The minimum atomic E-state index is -0.0742. The zero-order chi connectivity index (χ0) is 29.4. The van der Waals surface area contributed by atoms with E-state index in [1.807, 2.05) is 11.3 Å². The number of benzene rings is 6. The van der Waals surface area contributed by atoms with Gasteiger partial charge in [0.05, 0.1) is 10.2 Å². The molecule has 0 unspecified atom stereocenters. The van der Waals surface area contributed by atoms with Crippen LogP contribution in [0.1, 0.15) is 25.0 Å². The topological polar surface area (TPSA) is 16.1 Å². The van der Waals surface area contributed by atoms with Gasteiger partial charge in [-0.15, -0.1) is 22.7 Å². The van der Waals surface area contributed by atoms with Gasteiger partial charge in [0.25, 0.3) is 0 Å². The molecule has 44 heavy (non-hydrogen) atoms. The lowest BCUT2D eigenvalue weighted by Gasteiger charge is -2.28. The Morgan fingerprint density at radius 2 is 1.18 bits per heavy atom. The number of anilines is 3. The van der Waals surface area contributed by atoms with Crippen molar-refractivity contribution >= 4 is 70.1 Å². The molecule has 0 saturated heterocycles. The second-order valence-corrected chi connectivity index (χ2v) is 14.2. The van der Waals surface area contributed by atoms with Crippen LogP contribution in [-0.4, -0.2) is 4.98 Å². The highest BCUT2D eigenvalue weighted by Gasteiger charge is 2.35. The Balaban J connectivity index is 1.24. The summed E-state index contributed by atoms with van der Waals surface area (Å²) in [6.07, 6.45) is 0. The van der Waals surface area contributed by atoms with Gasteiger partial charge in [0.1, 0.15) is 5.01 Å². The van der Waals surface area contributed by atoms with Crippen molar-refractivity contribution in [2.24, 2.45) is 0 Å². The van der Waals surface area contributed by atoms with Gasteiger partial charge in [0.2, 0.25) is 0 Å². The van der Waals surface area contributed by atoms with Crippen molar-refractivity contribution in [1.29, 1.82) is 0 Å². The molecule has 2 heterocycles. The minimum absolute atomic E-state index is 0.0742. The van der Waals surface area contributed by atoms with E-state index in [1.54, 1.807) is 11.3 Å². The van der Waals surface area contributed by atoms with Gasteiger partial charge in [-0.05, 0) is 70.8 Å². The Morgan fingerprint density at radius 3 is 2.07 bits per heavy atom. The van der Waals surface area contributed by atoms with E-state index in [0.29, 0.717) is 0 Å². The first kappa shape index (κ1) is 25.7. The first-order chi connectivity index (χ1) is 21.5. The number of hydrogen-bond donors (Lipinski definition) is 0. The van der Waals surface area contributed by atoms with E-state index in [4.69, 9.17) is 4.98 Å². The van der Waals surface area contributed by atoms with E-state index in [2.05, 4.69) is 152 Å². The van der Waals surface area contributed by atoms with Crippen LogP contribution in [0.25, 0.3) is 52.1 Å². The molecule has 0 N–H and O–H groups in total. The lowest BCUT2D eigenvalue weighted by Crippen LogP contribution is -2.16. The van der Waals surface area contributed by atoms with E-state index < -0.39 is 0 Å². The molecule has 0 spiro atoms. The summed E-state index contributed by atoms with van der Waals surface area (Å²) in [7, 11) is 0. The minimum Gasteiger partial charge on any atom is -0.310 e. The van der Waals surface area contributed by atoms with Gasteiger partial charge in [-0.2, -0.15) is 0 Å². The van der Waals surface area contributed by atoms with E-state index in [-0.39, 0.29) is 5.41 Å². The van der Waals surface area contributed by atoms with E-state index in [0.717, 1.165) is 33.1 Å². The van der Waals surface area contributed by atoms with Crippen LogP contribution >= 0.6 is 22.7 Å². The first-order valence-corrected chi connectivity index (χ1v) is 16.6. The number of thiophene rings is 1. The number of rotatable bonds is 4. The molecule has 0 fully saturated rings. The second kappa shape index (κ2) is 9.62. The zero-order valence-corrected chi connectivity index (χ0v) is 26.0. The van der Waals surface area contributed by atoms with Crippen molar-refractivity contribution in [3.63, 3.8) is 0 Å². The predicted molar refractivity (Wildman–Crippen MR) is 190 cm³/mol. The van der Waals surface area contributed by atoms with E-state index in [1.165, 1.54) is 47.1 Å². The van der Waals surface area contributed by atoms with Gasteiger partial charge in [-0.1, -0.05) is 98.8 Å². The molecule has 2 nitrogen and oxygen atoms in total. The Morgan fingerprint density at radius 1 is 0.523 bits per heavy atom. The summed E-state index contributed by atoms with van der Waals surface area (Å²) in [5.41, 5.74) is 11.0. The molecule has 0 aliphatic heterocycles. The molecule has 1 aliphatic rings. The predicted octanol–water partition coefficient (Wildman–Crippen LogP) is 12.1. The average molecular weight is 601 g/mol. The smallest absolute Gasteiger partial charge is 0.124 e. The number of thiazole rings is 1. The van der Waals surface area contributed by atoms with Gasteiger partial charge in [-0.3, -0.25) is 0 Å². The normalized spacial score (nSPS) is 13.4. The van der Waals surface area contributed by atoms with Crippen LogP contribution in [0.2, 0.25) is 0 Å². The number of fused-ring (bicyclic) bond motifs is 7. The molecule has 0 bridgehead atoms. The maximum Gasteiger partial charge on any atom is 0.124 e. The number of nitrogens with zero attached hydrogens (tertiary/aromatic N) is 2. The fraction of sp³-hybridized carbons (Fsp3) is 0.0750. The van der Waals surface area contributed by atoms with Gasteiger partial charge in [0, 0.05) is 48.2 Å². The number of hydrogen-bond acceptors (Lipinski definition) is 4. The Bertz CT molecular complexity index is 2380. The van der Waals surface area contributed by atoms with Crippen LogP contribution in [0.15, 0.2) is 133 Å². The Kier molecular flexibility index (Phi) is 5.62. The highest BCUT2D eigenvalue weighted by molar-refractivity contribution is 7.25. The van der Waals surface area contributed by atoms with Crippen molar-refractivity contribution in [3.05, 3.63) is 145 Å². The van der Waals surface area contributed by atoms with Crippen LogP contribution in [0, 0.1) is 0 Å². The third kappa shape index (κ3) is 3.88. The summed E-state index contributed by atoms with van der Waals surface area (Å²) in [5, 5.41) is 3.68. The largest absolute Gasteiger partial charge is 0.310 e. The molecule has 0 atom stereocenters. The molecule has 9 rings (SSSR count). The molecule has 2 aromatic heterocycles. The fourth-order valence-corrected chi connectivity index (χ4v) is 9.03. The molecular weight excluding hydrogens is 573 g/mol. The van der Waals surface area contributed by atoms with Crippen LogP contribution in [0.4, 0.5) is 17.1 Å². The quantitative estimate of drug-likeness (QED) is 0.200. The maximum atomic E-state index is 4.99. The summed E-state index contributed by atoms with van der Waals surface area (Å²) in [5.74, 6) is 0. The highest BCUT2D eigenvalue weighted by Crippen LogP contribution is 2.51. The van der Waals surface area contributed by atoms with Crippen LogP contribution in [0.3, 0.4) is 0 Å². The maximum absolute atomic E-state index is 4.99. The highest BCUT2D eigenvalue weighted by atomic mass is 32.1. The molecular formula is C40H28N2S2. The molecule has 0 amide bonds. The molecule has 6 aromatic carbocycles. The van der Waals surface area contributed by atoms with Gasteiger partial charge in [0.15, 0.2) is 0 Å². The molecule has 210 valence electrons. The summed E-state index contributed by atoms with van der Waals surface area (Å²) in [6, 6.07) is 48.7. The van der Waals surface area contributed by atoms with Crippen molar-refractivity contribution in [1.82, 2.24) is 4.98 Å². The van der Waals surface area contributed by atoms with Gasteiger partial charge in [-0.25, -0.2) is 4.98 Å². The van der Waals surface area contributed by atoms with Crippen molar-refractivity contribution in [2.45, 2.75) is 19.3 Å². The number of aromatic nitrogens is 1. The molecule has 1 aliphatic carbocycles. The first-order valence-electron chi connectivity index (χ1n) is 15.0. The lowest BCUT2D eigenvalue weighted by atomic mass is 9.82. The summed E-state index contributed by atoms with van der Waals surface area (Å²) >= 11 is 3.62. The van der Waals surface area contributed by atoms with E-state index in [9.17, 15) is 0 Å². The van der Waals surface area contributed by atoms with E-state index >= 15 is 0 Å². The summed E-state index contributed by atoms with van der Waals surface area (Å²) in [4.78, 5) is 7.41. The lowest BCUT2D eigenvalue weighted by molar-refractivity contribution is 0.660.